The highest BCUT2D eigenvalue weighted by Gasteiger charge is 2.25. The van der Waals surface area contributed by atoms with Crippen LogP contribution < -0.4 is 10.5 Å². The first-order chi connectivity index (χ1) is 13.1. The number of rotatable bonds is 6. The Hall–Kier alpha value is -2.60. The fourth-order valence-corrected chi connectivity index (χ4v) is 3.41. The van der Waals surface area contributed by atoms with Gasteiger partial charge in [-0.2, -0.15) is 0 Å². The number of ether oxygens (including phenoxy) is 2. The van der Waals surface area contributed by atoms with E-state index < -0.39 is 0 Å². The maximum atomic E-state index is 13.0. The summed E-state index contributed by atoms with van der Waals surface area (Å²) in [6.07, 6.45) is 4.73. The lowest BCUT2D eigenvalue weighted by Gasteiger charge is -2.32. The summed E-state index contributed by atoms with van der Waals surface area (Å²) in [5.74, 6) is 0.539. The normalized spacial score (nSPS) is 17.0. The number of benzene rings is 1. The molecule has 2 aromatic rings. The number of carbonyl (C=O) groups excluding carboxylic acids is 1. The Morgan fingerprint density at radius 1 is 1.37 bits per heavy atom. The zero-order chi connectivity index (χ0) is 19.2. The molecule has 3 rings (SSSR count). The first kappa shape index (κ1) is 19.2. The van der Waals surface area contributed by atoms with Crippen molar-refractivity contribution in [1.82, 2.24) is 9.88 Å². The van der Waals surface area contributed by atoms with E-state index in [1.165, 1.54) is 0 Å². The van der Waals surface area contributed by atoms with Crippen LogP contribution in [0.15, 0.2) is 36.5 Å². The molecule has 2 heterocycles. The summed E-state index contributed by atoms with van der Waals surface area (Å²) in [4.78, 5) is 19.3. The number of pyridine rings is 1. The van der Waals surface area contributed by atoms with Crippen molar-refractivity contribution in [3.8, 4) is 17.0 Å². The fraction of sp³-hybridized carbons (Fsp3) is 0.429. The van der Waals surface area contributed by atoms with Gasteiger partial charge in [0, 0.05) is 37.0 Å². The van der Waals surface area contributed by atoms with E-state index in [1.807, 2.05) is 29.2 Å². The van der Waals surface area contributed by atoms with Crippen molar-refractivity contribution in [1.29, 1.82) is 0 Å². The van der Waals surface area contributed by atoms with Crippen LogP contribution in [-0.4, -0.2) is 48.7 Å². The number of carbonyl (C=O) groups is 1. The van der Waals surface area contributed by atoms with Crippen LogP contribution >= 0.6 is 0 Å². The number of nitrogens with zero attached hydrogens (tertiary/aromatic N) is 2. The minimum atomic E-state index is 0.0181. The van der Waals surface area contributed by atoms with E-state index in [-0.39, 0.29) is 12.0 Å². The van der Waals surface area contributed by atoms with Crippen LogP contribution in [0, 0.1) is 0 Å². The molecule has 27 heavy (non-hydrogen) atoms. The number of nitrogen functional groups attached to an aromatic ring is 1. The molecule has 1 fully saturated rings. The largest absolute Gasteiger partial charge is 0.492 e. The van der Waals surface area contributed by atoms with Gasteiger partial charge in [-0.3, -0.25) is 9.78 Å². The molecule has 1 atom stereocenters. The minimum Gasteiger partial charge on any atom is -0.492 e. The zero-order valence-electron chi connectivity index (χ0n) is 16.0. The Morgan fingerprint density at radius 3 is 3.00 bits per heavy atom. The van der Waals surface area contributed by atoms with Gasteiger partial charge in [-0.15, -0.1) is 0 Å². The third kappa shape index (κ3) is 4.39. The number of nitrogens with two attached hydrogens (primary N) is 1. The lowest BCUT2D eigenvalue weighted by Crippen LogP contribution is -2.43. The van der Waals surface area contributed by atoms with Gasteiger partial charge in [-0.05, 0) is 37.5 Å². The zero-order valence-corrected chi connectivity index (χ0v) is 16.0. The Kier molecular flexibility index (Phi) is 6.29. The van der Waals surface area contributed by atoms with E-state index in [0.717, 1.165) is 38.0 Å². The fourth-order valence-electron chi connectivity index (χ4n) is 3.41. The molecule has 1 aromatic heterocycles. The highest BCUT2D eigenvalue weighted by atomic mass is 16.5. The molecule has 0 spiro atoms. The van der Waals surface area contributed by atoms with E-state index >= 15 is 0 Å². The van der Waals surface area contributed by atoms with Crippen molar-refractivity contribution in [3.63, 3.8) is 0 Å². The molecule has 6 heteroatoms. The molecule has 1 aliphatic rings. The Balaban J connectivity index is 1.81. The van der Waals surface area contributed by atoms with Gasteiger partial charge in [0.05, 0.1) is 18.9 Å². The molecular weight excluding hydrogens is 342 g/mol. The van der Waals surface area contributed by atoms with Crippen LogP contribution in [0.1, 0.15) is 36.5 Å². The van der Waals surface area contributed by atoms with Crippen LogP contribution in [0.4, 0.5) is 5.69 Å². The number of methoxy groups -OCH3 is 1. The number of anilines is 1. The number of hydrogen-bond acceptors (Lipinski definition) is 5. The van der Waals surface area contributed by atoms with Gasteiger partial charge >= 0.3 is 0 Å². The van der Waals surface area contributed by atoms with Gasteiger partial charge in [0.25, 0.3) is 5.91 Å². The summed E-state index contributed by atoms with van der Waals surface area (Å²) in [5, 5.41) is 0. The molecule has 6 nitrogen and oxygen atoms in total. The second kappa shape index (κ2) is 8.86. The van der Waals surface area contributed by atoms with Crippen LogP contribution in [-0.2, 0) is 4.74 Å². The molecule has 0 radical (unpaired) electrons. The average molecular weight is 369 g/mol. The van der Waals surface area contributed by atoms with Crippen molar-refractivity contribution in [2.24, 2.45) is 0 Å². The van der Waals surface area contributed by atoms with E-state index in [4.69, 9.17) is 15.2 Å². The molecule has 2 N–H and O–H groups in total. The summed E-state index contributed by atoms with van der Waals surface area (Å²) in [7, 11) is 1.57. The average Bonchev–Trinajstić information content (AvgIpc) is 2.71. The van der Waals surface area contributed by atoms with E-state index in [2.05, 4.69) is 11.9 Å². The number of amides is 1. The van der Waals surface area contributed by atoms with Gasteiger partial charge in [0.1, 0.15) is 5.69 Å². The van der Waals surface area contributed by atoms with Crippen molar-refractivity contribution >= 4 is 11.6 Å². The van der Waals surface area contributed by atoms with Gasteiger partial charge in [-0.1, -0.05) is 19.1 Å². The lowest BCUT2D eigenvalue weighted by atomic mass is 10.0. The minimum absolute atomic E-state index is 0.0181. The monoisotopic (exact) mass is 369 g/mol. The molecule has 0 aliphatic carbocycles. The van der Waals surface area contributed by atoms with Crippen molar-refractivity contribution in [3.05, 3.63) is 42.1 Å². The standard InChI is InChI=1S/C21H27N3O3/c1-3-12-27-17-8-5-11-24(14-17)21(25)16-7-4-6-15(13-16)19-20(26-2)18(22)9-10-23-19/h4,6-7,9-10,13,17H,3,5,8,11-12,14H2,1-2H3,(H2,22,23). The molecule has 1 amide bonds. The first-order valence-electron chi connectivity index (χ1n) is 9.43. The van der Waals surface area contributed by atoms with Crippen LogP contribution in [0.2, 0.25) is 0 Å². The lowest BCUT2D eigenvalue weighted by molar-refractivity contribution is 0.00211. The van der Waals surface area contributed by atoms with Crippen LogP contribution in [0.5, 0.6) is 5.75 Å². The summed E-state index contributed by atoms with van der Waals surface area (Å²) >= 11 is 0. The highest BCUT2D eigenvalue weighted by molar-refractivity contribution is 5.95. The maximum absolute atomic E-state index is 13.0. The number of aromatic nitrogens is 1. The Morgan fingerprint density at radius 2 is 2.22 bits per heavy atom. The Bertz CT molecular complexity index is 794. The van der Waals surface area contributed by atoms with Crippen molar-refractivity contribution < 1.29 is 14.3 Å². The third-order valence-corrected chi connectivity index (χ3v) is 4.75. The Labute approximate surface area is 160 Å². The number of likely N-dealkylation sites (tertiary alicyclic amines) is 1. The predicted octanol–water partition coefficient (Wildman–Crippen LogP) is 3.37. The van der Waals surface area contributed by atoms with E-state index in [9.17, 15) is 4.79 Å². The van der Waals surface area contributed by atoms with Crippen LogP contribution in [0.25, 0.3) is 11.3 Å². The topological polar surface area (TPSA) is 77.7 Å². The molecule has 144 valence electrons. The molecule has 0 bridgehead atoms. The van der Waals surface area contributed by atoms with Gasteiger partial charge in [-0.25, -0.2) is 0 Å². The summed E-state index contributed by atoms with van der Waals surface area (Å²) in [5.41, 5.74) is 8.58. The summed E-state index contributed by atoms with van der Waals surface area (Å²) in [6, 6.07) is 9.15. The predicted molar refractivity (Wildman–Crippen MR) is 106 cm³/mol. The molecule has 1 unspecified atom stereocenters. The molecule has 0 saturated carbocycles. The second-order valence-electron chi connectivity index (χ2n) is 6.75. The first-order valence-corrected chi connectivity index (χ1v) is 9.43. The third-order valence-electron chi connectivity index (χ3n) is 4.75. The second-order valence-corrected chi connectivity index (χ2v) is 6.75. The summed E-state index contributed by atoms with van der Waals surface area (Å²) < 4.78 is 11.2. The van der Waals surface area contributed by atoms with Crippen molar-refractivity contribution in [2.45, 2.75) is 32.3 Å². The number of hydrogen-bond donors (Lipinski definition) is 1. The maximum Gasteiger partial charge on any atom is 0.253 e. The number of piperidine rings is 1. The van der Waals surface area contributed by atoms with Gasteiger partial charge in [0.2, 0.25) is 0 Å². The van der Waals surface area contributed by atoms with E-state index in [0.29, 0.717) is 29.2 Å². The smallest absolute Gasteiger partial charge is 0.253 e. The van der Waals surface area contributed by atoms with E-state index in [1.54, 1.807) is 19.4 Å². The SMILES string of the molecule is CCCOC1CCCN(C(=O)c2cccc(-c3nccc(N)c3OC)c2)C1. The highest BCUT2D eigenvalue weighted by Crippen LogP contribution is 2.33. The van der Waals surface area contributed by atoms with Gasteiger partial charge < -0.3 is 20.1 Å². The molecule has 1 aromatic carbocycles. The summed E-state index contributed by atoms with van der Waals surface area (Å²) in [6.45, 7) is 4.23. The molecule has 1 saturated heterocycles. The molecule has 1 aliphatic heterocycles. The van der Waals surface area contributed by atoms with Crippen LogP contribution in [0.3, 0.4) is 0 Å². The molecular formula is C21H27N3O3. The van der Waals surface area contributed by atoms with Gasteiger partial charge in [0.15, 0.2) is 5.75 Å². The van der Waals surface area contributed by atoms with Crippen molar-refractivity contribution in [2.75, 3.05) is 32.5 Å². The quantitative estimate of drug-likeness (QED) is 0.845.